The zero-order chi connectivity index (χ0) is 17.3. The molecule has 0 radical (unpaired) electrons. The first-order valence-corrected chi connectivity index (χ1v) is 7.88. The summed E-state index contributed by atoms with van der Waals surface area (Å²) in [5, 5.41) is 9.22. The number of carboxylic acids is 1. The number of fused-ring (bicyclic) bond motifs is 1. The fourth-order valence-corrected chi connectivity index (χ4v) is 2.95. The Morgan fingerprint density at radius 2 is 2.08 bits per heavy atom. The molecule has 24 heavy (non-hydrogen) atoms. The van der Waals surface area contributed by atoms with Crippen molar-refractivity contribution in [3.05, 3.63) is 46.5 Å². The molecule has 2 N–H and O–H groups in total. The van der Waals surface area contributed by atoms with Crippen LogP contribution in [0.3, 0.4) is 0 Å². The highest BCUT2D eigenvalue weighted by atomic mass is 16.4. The number of pyridine rings is 1. The molecule has 0 aliphatic rings. The van der Waals surface area contributed by atoms with E-state index in [1.54, 1.807) is 21.7 Å². The molecule has 0 atom stereocenters. The lowest BCUT2D eigenvalue weighted by atomic mass is 10.1. The third-order valence-electron chi connectivity index (χ3n) is 4.24. The average Bonchev–Trinajstić information content (AvgIpc) is 3.18. The van der Waals surface area contributed by atoms with Gasteiger partial charge in [0.15, 0.2) is 5.65 Å². The molecule has 3 aromatic rings. The number of hydrogen-bond acceptors (Lipinski definition) is 4. The maximum absolute atomic E-state index is 13.0. The molecule has 0 spiro atoms. The van der Waals surface area contributed by atoms with Crippen molar-refractivity contribution < 1.29 is 9.90 Å². The van der Waals surface area contributed by atoms with Gasteiger partial charge in [-0.05, 0) is 18.9 Å². The van der Waals surface area contributed by atoms with Crippen LogP contribution in [0.1, 0.15) is 48.8 Å². The Hall–Kier alpha value is -2.90. The minimum absolute atomic E-state index is 0.0196. The number of aromatic nitrogens is 5. The van der Waals surface area contributed by atoms with Crippen LogP contribution in [0.2, 0.25) is 0 Å². The van der Waals surface area contributed by atoms with Crippen molar-refractivity contribution >= 4 is 17.1 Å². The largest absolute Gasteiger partial charge is 0.478 e. The summed E-state index contributed by atoms with van der Waals surface area (Å²) >= 11 is 0. The number of imidazole rings is 2. The third-order valence-corrected chi connectivity index (χ3v) is 4.24. The lowest BCUT2D eigenvalue weighted by Crippen LogP contribution is -2.27. The standard InChI is InChI=1S/C16H19N5O3/c1-3-12(4-2)21-14-13(5-10(6-18-14)15(22)23)20(16(21)24)8-11-7-17-9-19-11/h5-7,9,12H,3-4,8H2,1-2H3,(H,17,19)(H,22,23). The van der Waals surface area contributed by atoms with Crippen molar-refractivity contribution in [2.24, 2.45) is 0 Å². The summed E-state index contributed by atoms with van der Waals surface area (Å²) in [5.74, 6) is -1.07. The second kappa shape index (κ2) is 6.31. The van der Waals surface area contributed by atoms with Gasteiger partial charge in [0.25, 0.3) is 0 Å². The Morgan fingerprint density at radius 3 is 2.67 bits per heavy atom. The van der Waals surface area contributed by atoms with E-state index < -0.39 is 5.97 Å². The Labute approximate surface area is 137 Å². The van der Waals surface area contributed by atoms with Crippen LogP contribution < -0.4 is 5.69 Å². The fraction of sp³-hybridized carbons (Fsp3) is 0.375. The summed E-state index contributed by atoms with van der Waals surface area (Å²) in [6.07, 6.45) is 6.07. The minimum Gasteiger partial charge on any atom is -0.478 e. The summed E-state index contributed by atoms with van der Waals surface area (Å²) in [4.78, 5) is 35.4. The minimum atomic E-state index is -1.07. The Kier molecular flexibility index (Phi) is 4.20. The second-order valence-electron chi connectivity index (χ2n) is 5.66. The molecule has 0 aliphatic heterocycles. The topological polar surface area (TPSA) is 106 Å². The molecule has 0 aliphatic carbocycles. The smallest absolute Gasteiger partial charge is 0.337 e. The van der Waals surface area contributed by atoms with E-state index in [1.807, 2.05) is 13.8 Å². The van der Waals surface area contributed by atoms with Gasteiger partial charge in [-0.2, -0.15) is 0 Å². The number of carboxylic acid groups (broad SMARTS) is 1. The number of nitrogens with one attached hydrogen (secondary N) is 1. The number of rotatable bonds is 6. The highest BCUT2D eigenvalue weighted by molar-refractivity contribution is 5.91. The van der Waals surface area contributed by atoms with Gasteiger partial charge in [0.1, 0.15) is 0 Å². The normalized spacial score (nSPS) is 11.5. The van der Waals surface area contributed by atoms with Gasteiger partial charge in [-0.15, -0.1) is 0 Å². The molecular formula is C16H19N5O3. The molecule has 0 saturated carbocycles. The monoisotopic (exact) mass is 329 g/mol. The Bertz CT molecular complexity index is 919. The Balaban J connectivity index is 2.27. The van der Waals surface area contributed by atoms with E-state index in [0.717, 1.165) is 18.5 Å². The van der Waals surface area contributed by atoms with E-state index in [0.29, 0.717) is 11.2 Å². The van der Waals surface area contributed by atoms with Crippen LogP contribution in [0.25, 0.3) is 11.2 Å². The van der Waals surface area contributed by atoms with Crippen molar-refractivity contribution in [3.8, 4) is 0 Å². The molecular weight excluding hydrogens is 310 g/mol. The lowest BCUT2D eigenvalue weighted by molar-refractivity contribution is 0.0696. The summed E-state index contributed by atoms with van der Waals surface area (Å²) < 4.78 is 3.21. The van der Waals surface area contributed by atoms with Gasteiger partial charge in [-0.1, -0.05) is 13.8 Å². The highest BCUT2D eigenvalue weighted by Crippen LogP contribution is 2.21. The molecule has 0 aromatic carbocycles. The van der Waals surface area contributed by atoms with Crippen LogP contribution in [0.15, 0.2) is 29.6 Å². The Morgan fingerprint density at radius 1 is 1.33 bits per heavy atom. The molecule has 0 saturated heterocycles. The number of carbonyl (C=O) groups is 1. The number of aromatic carboxylic acids is 1. The molecule has 3 rings (SSSR count). The zero-order valence-corrected chi connectivity index (χ0v) is 13.6. The SMILES string of the molecule is CCC(CC)n1c(=O)n(Cc2cnc[nH]2)c2cc(C(=O)O)cnc21. The fourth-order valence-electron chi connectivity index (χ4n) is 2.95. The summed E-state index contributed by atoms with van der Waals surface area (Å²) in [7, 11) is 0. The van der Waals surface area contributed by atoms with Gasteiger partial charge >= 0.3 is 11.7 Å². The molecule has 126 valence electrons. The van der Waals surface area contributed by atoms with E-state index in [-0.39, 0.29) is 23.8 Å². The van der Waals surface area contributed by atoms with Gasteiger partial charge in [0, 0.05) is 18.4 Å². The summed E-state index contributed by atoms with van der Waals surface area (Å²) in [5.41, 5.74) is 1.66. The molecule has 0 fully saturated rings. The highest BCUT2D eigenvalue weighted by Gasteiger charge is 2.21. The van der Waals surface area contributed by atoms with Gasteiger partial charge < -0.3 is 10.1 Å². The van der Waals surface area contributed by atoms with E-state index in [4.69, 9.17) is 0 Å². The molecule has 3 heterocycles. The first kappa shape index (κ1) is 16.0. The maximum atomic E-state index is 13.0. The van der Waals surface area contributed by atoms with Crippen LogP contribution in [0.4, 0.5) is 0 Å². The first-order valence-electron chi connectivity index (χ1n) is 7.88. The molecule has 0 unspecified atom stereocenters. The molecule has 0 amide bonds. The van der Waals surface area contributed by atoms with E-state index in [9.17, 15) is 14.7 Å². The van der Waals surface area contributed by atoms with Crippen LogP contribution in [-0.2, 0) is 6.54 Å². The van der Waals surface area contributed by atoms with E-state index in [2.05, 4.69) is 15.0 Å². The van der Waals surface area contributed by atoms with Crippen molar-refractivity contribution in [2.75, 3.05) is 0 Å². The molecule has 8 nitrogen and oxygen atoms in total. The quantitative estimate of drug-likeness (QED) is 0.720. The second-order valence-corrected chi connectivity index (χ2v) is 5.66. The number of aromatic amines is 1. The molecule has 0 bridgehead atoms. The predicted molar refractivity (Wildman–Crippen MR) is 88.3 cm³/mol. The van der Waals surface area contributed by atoms with Crippen molar-refractivity contribution in [1.82, 2.24) is 24.1 Å². The average molecular weight is 329 g/mol. The van der Waals surface area contributed by atoms with Crippen molar-refractivity contribution in [2.45, 2.75) is 39.3 Å². The van der Waals surface area contributed by atoms with Gasteiger partial charge in [-0.25, -0.2) is 19.6 Å². The summed E-state index contributed by atoms with van der Waals surface area (Å²) in [6, 6.07) is 1.52. The molecule has 8 heteroatoms. The van der Waals surface area contributed by atoms with E-state index >= 15 is 0 Å². The van der Waals surface area contributed by atoms with Crippen LogP contribution in [-0.4, -0.2) is 35.2 Å². The van der Waals surface area contributed by atoms with Crippen LogP contribution in [0, 0.1) is 0 Å². The van der Waals surface area contributed by atoms with Gasteiger partial charge in [0.2, 0.25) is 0 Å². The van der Waals surface area contributed by atoms with Crippen molar-refractivity contribution in [3.63, 3.8) is 0 Å². The third kappa shape index (κ3) is 2.60. The van der Waals surface area contributed by atoms with E-state index in [1.165, 1.54) is 12.3 Å². The number of H-pyrrole nitrogens is 1. The van der Waals surface area contributed by atoms with Crippen LogP contribution >= 0.6 is 0 Å². The van der Waals surface area contributed by atoms with Crippen molar-refractivity contribution in [1.29, 1.82) is 0 Å². The number of hydrogen-bond donors (Lipinski definition) is 2. The first-order chi connectivity index (χ1) is 11.6. The summed E-state index contributed by atoms with van der Waals surface area (Å²) in [6.45, 7) is 4.32. The predicted octanol–water partition coefficient (Wildman–Crippen LogP) is 2.03. The lowest BCUT2D eigenvalue weighted by Gasteiger charge is -2.13. The van der Waals surface area contributed by atoms with Gasteiger partial charge in [-0.3, -0.25) is 9.13 Å². The van der Waals surface area contributed by atoms with Gasteiger partial charge in [0.05, 0.1) is 29.6 Å². The molecule has 3 aromatic heterocycles. The zero-order valence-electron chi connectivity index (χ0n) is 13.6. The number of nitrogens with zero attached hydrogens (tertiary/aromatic N) is 4. The maximum Gasteiger partial charge on any atom is 0.337 e. The van der Waals surface area contributed by atoms with Crippen LogP contribution in [0.5, 0.6) is 0 Å².